The number of hydrogen-bond donors (Lipinski definition) is 2. The van der Waals surface area contributed by atoms with Crippen molar-refractivity contribution in [3.05, 3.63) is 46.0 Å². The van der Waals surface area contributed by atoms with Gasteiger partial charge in [-0.3, -0.25) is 9.59 Å². The Kier molecular flexibility index (Phi) is 6.66. The molecule has 0 radical (unpaired) electrons. The van der Waals surface area contributed by atoms with E-state index >= 15 is 0 Å². The number of likely N-dealkylation sites (tertiary alicyclic amines) is 1. The quantitative estimate of drug-likeness (QED) is 0.615. The van der Waals surface area contributed by atoms with Crippen LogP contribution in [0.2, 0.25) is 0 Å². The summed E-state index contributed by atoms with van der Waals surface area (Å²) in [6.07, 6.45) is 5.22. The first-order valence-corrected chi connectivity index (χ1v) is 10.9. The van der Waals surface area contributed by atoms with Crippen molar-refractivity contribution >= 4 is 17.4 Å². The molecule has 0 unspecified atom stereocenters. The third-order valence-corrected chi connectivity index (χ3v) is 6.14. The van der Waals surface area contributed by atoms with Gasteiger partial charge in [0.1, 0.15) is 18.0 Å². The highest BCUT2D eigenvalue weighted by Gasteiger charge is 2.37. The Morgan fingerprint density at radius 2 is 2.03 bits per heavy atom. The second kappa shape index (κ2) is 9.78. The molecule has 10 nitrogen and oxygen atoms in total. The number of hydrogen-bond acceptors (Lipinski definition) is 8. The fourth-order valence-electron chi connectivity index (χ4n) is 4.26. The summed E-state index contributed by atoms with van der Waals surface area (Å²) in [7, 11) is 0. The number of amides is 1. The molecule has 0 spiro atoms. The van der Waals surface area contributed by atoms with Gasteiger partial charge >= 0.3 is 0 Å². The van der Waals surface area contributed by atoms with Crippen molar-refractivity contribution in [3.63, 3.8) is 0 Å². The molecule has 2 aliphatic heterocycles. The molecule has 0 aliphatic carbocycles. The van der Waals surface area contributed by atoms with Gasteiger partial charge in [0.15, 0.2) is 0 Å². The number of ether oxygens (including phenoxy) is 1. The topological polar surface area (TPSA) is 127 Å². The van der Waals surface area contributed by atoms with E-state index in [2.05, 4.69) is 31.5 Å². The van der Waals surface area contributed by atoms with E-state index in [4.69, 9.17) is 10.00 Å². The minimum Gasteiger partial charge on any atom is -0.381 e. The van der Waals surface area contributed by atoms with Crippen LogP contribution in [0.5, 0.6) is 0 Å². The Bertz CT molecular complexity index is 1040. The van der Waals surface area contributed by atoms with E-state index < -0.39 is 6.10 Å². The summed E-state index contributed by atoms with van der Waals surface area (Å²) >= 11 is 0. The minimum absolute atomic E-state index is 0.0638. The van der Waals surface area contributed by atoms with Crippen LogP contribution in [0.4, 0.5) is 11.5 Å². The van der Waals surface area contributed by atoms with Gasteiger partial charge in [-0.15, -0.1) is 0 Å². The van der Waals surface area contributed by atoms with Crippen LogP contribution >= 0.6 is 0 Å². The third kappa shape index (κ3) is 4.73. The Hall–Kier alpha value is -3.45. The van der Waals surface area contributed by atoms with E-state index in [1.54, 1.807) is 25.4 Å². The zero-order valence-electron chi connectivity index (χ0n) is 18.1. The van der Waals surface area contributed by atoms with E-state index in [0.29, 0.717) is 42.9 Å². The number of carbonyl (C=O) groups excluding carboxylic acids is 1. The van der Waals surface area contributed by atoms with Crippen LogP contribution < -0.4 is 15.8 Å². The van der Waals surface area contributed by atoms with Crippen molar-refractivity contribution in [1.82, 2.24) is 20.1 Å². The van der Waals surface area contributed by atoms with Gasteiger partial charge in [0, 0.05) is 50.4 Å². The smallest absolute Gasteiger partial charge is 0.269 e. The van der Waals surface area contributed by atoms with Crippen LogP contribution in [-0.4, -0.2) is 70.9 Å². The highest BCUT2D eigenvalue weighted by Crippen LogP contribution is 2.26. The summed E-state index contributed by atoms with van der Waals surface area (Å²) in [5.41, 5.74) is 1.57. The Morgan fingerprint density at radius 1 is 1.22 bits per heavy atom. The summed E-state index contributed by atoms with van der Waals surface area (Å²) in [6.45, 7) is 4.96. The maximum absolute atomic E-state index is 12.9. The lowest BCUT2D eigenvalue weighted by molar-refractivity contribution is -0.139. The number of nitrogens with one attached hydrogen (secondary N) is 2. The minimum atomic E-state index is -0.409. The van der Waals surface area contributed by atoms with Gasteiger partial charge in [-0.25, -0.2) is 10.1 Å². The monoisotopic (exact) mass is 437 g/mol. The van der Waals surface area contributed by atoms with Crippen molar-refractivity contribution in [2.45, 2.75) is 38.3 Å². The number of H-pyrrole nitrogens is 1. The number of piperidine rings is 1. The zero-order chi connectivity index (χ0) is 22.5. The van der Waals surface area contributed by atoms with E-state index in [-0.39, 0.29) is 17.5 Å². The largest absolute Gasteiger partial charge is 0.381 e. The highest BCUT2D eigenvalue weighted by atomic mass is 16.5. The van der Waals surface area contributed by atoms with Crippen LogP contribution in [0.15, 0.2) is 29.3 Å². The second-order valence-electron chi connectivity index (χ2n) is 8.08. The van der Waals surface area contributed by atoms with Gasteiger partial charge < -0.3 is 19.9 Å². The first kappa shape index (κ1) is 21.8. The second-order valence-corrected chi connectivity index (χ2v) is 8.08. The van der Waals surface area contributed by atoms with Gasteiger partial charge in [-0.2, -0.15) is 10.4 Å². The van der Waals surface area contributed by atoms with Crippen molar-refractivity contribution in [1.29, 1.82) is 5.26 Å². The van der Waals surface area contributed by atoms with Crippen LogP contribution in [0.25, 0.3) is 0 Å². The molecule has 2 aromatic heterocycles. The number of pyridine rings is 1. The molecule has 0 aromatic carbocycles. The van der Waals surface area contributed by atoms with Gasteiger partial charge in [0.25, 0.3) is 11.5 Å². The molecule has 2 aromatic rings. The molecule has 4 heterocycles. The lowest BCUT2D eigenvalue weighted by Crippen LogP contribution is -2.47. The molecular weight excluding hydrogens is 410 g/mol. The zero-order valence-corrected chi connectivity index (χ0v) is 18.1. The number of nitriles is 1. The summed E-state index contributed by atoms with van der Waals surface area (Å²) in [4.78, 5) is 33.0. The number of nitrogens with zero attached hydrogens (tertiary/aromatic N) is 5. The van der Waals surface area contributed by atoms with Gasteiger partial charge in [-0.1, -0.05) is 0 Å². The standard InChI is InChI=1S/C22H27N7O3/c1-15-18(14-26-27-21(15)30)24-7-11-32-19-6-10-29(22(19)31)17-4-8-28(9-5-17)20-3-2-16(12-23)13-25-20/h2-3,13-14,17,19H,4-11H2,1H3,(H2,24,27,30)/t19-/m1/s1. The Balaban J connectivity index is 1.22. The number of aromatic nitrogens is 3. The molecule has 0 saturated carbocycles. The Labute approximate surface area is 186 Å². The molecule has 2 aliphatic rings. The predicted octanol–water partition coefficient (Wildman–Crippen LogP) is 1.04. The fraction of sp³-hybridized carbons (Fsp3) is 0.500. The van der Waals surface area contributed by atoms with Gasteiger partial charge in [0.05, 0.1) is 24.1 Å². The highest BCUT2D eigenvalue weighted by molar-refractivity contribution is 5.83. The van der Waals surface area contributed by atoms with Crippen LogP contribution in [0, 0.1) is 18.3 Å². The van der Waals surface area contributed by atoms with Crippen LogP contribution in [-0.2, 0) is 9.53 Å². The van der Waals surface area contributed by atoms with E-state index in [0.717, 1.165) is 31.7 Å². The predicted molar refractivity (Wildman–Crippen MR) is 118 cm³/mol. The van der Waals surface area contributed by atoms with E-state index in [1.165, 1.54) is 0 Å². The first-order chi connectivity index (χ1) is 15.6. The molecule has 10 heteroatoms. The number of anilines is 2. The maximum Gasteiger partial charge on any atom is 0.269 e. The third-order valence-electron chi connectivity index (χ3n) is 6.14. The fourth-order valence-corrected chi connectivity index (χ4v) is 4.26. The van der Waals surface area contributed by atoms with Crippen molar-refractivity contribution in [2.24, 2.45) is 0 Å². The van der Waals surface area contributed by atoms with Crippen molar-refractivity contribution in [3.8, 4) is 6.07 Å². The molecule has 0 bridgehead atoms. The van der Waals surface area contributed by atoms with Crippen molar-refractivity contribution in [2.75, 3.05) is 43.0 Å². The average Bonchev–Trinajstić information content (AvgIpc) is 3.19. The SMILES string of the molecule is Cc1c(NCCO[C@@H]2CCN(C3CCN(c4ccc(C#N)cn4)CC3)C2=O)cn[nH]c1=O. The Morgan fingerprint density at radius 3 is 2.75 bits per heavy atom. The van der Waals surface area contributed by atoms with Crippen LogP contribution in [0.1, 0.15) is 30.4 Å². The number of aromatic amines is 1. The molecule has 1 amide bonds. The van der Waals surface area contributed by atoms with Crippen molar-refractivity contribution < 1.29 is 9.53 Å². The summed E-state index contributed by atoms with van der Waals surface area (Å²) < 4.78 is 5.83. The molecular formula is C22H27N7O3. The first-order valence-electron chi connectivity index (χ1n) is 10.9. The summed E-state index contributed by atoms with van der Waals surface area (Å²) in [5.74, 6) is 0.934. The van der Waals surface area contributed by atoms with E-state index in [9.17, 15) is 9.59 Å². The molecule has 2 N–H and O–H groups in total. The molecule has 2 saturated heterocycles. The molecule has 32 heavy (non-hydrogen) atoms. The lowest BCUT2D eigenvalue weighted by Gasteiger charge is -2.37. The van der Waals surface area contributed by atoms with Crippen LogP contribution in [0.3, 0.4) is 0 Å². The maximum atomic E-state index is 12.9. The van der Waals surface area contributed by atoms with Gasteiger partial charge in [-0.05, 0) is 31.9 Å². The van der Waals surface area contributed by atoms with Gasteiger partial charge in [0.2, 0.25) is 0 Å². The number of rotatable bonds is 7. The molecule has 1 atom stereocenters. The average molecular weight is 438 g/mol. The lowest BCUT2D eigenvalue weighted by atomic mass is 10.0. The molecule has 2 fully saturated rings. The summed E-state index contributed by atoms with van der Waals surface area (Å²) in [6, 6.07) is 5.96. The number of carbonyl (C=O) groups is 1. The molecule has 4 rings (SSSR count). The normalized spacial score (nSPS) is 19.2. The van der Waals surface area contributed by atoms with E-state index in [1.807, 2.05) is 11.0 Å². The summed E-state index contributed by atoms with van der Waals surface area (Å²) in [5, 5.41) is 18.2. The molecule has 168 valence electrons.